The summed E-state index contributed by atoms with van der Waals surface area (Å²) in [5.41, 5.74) is 0. The average Bonchev–Trinajstić information content (AvgIpc) is 3.17. The molecule has 0 unspecified atom stereocenters. The lowest BCUT2D eigenvalue weighted by Gasteiger charge is -2.22. The van der Waals surface area contributed by atoms with Crippen LogP contribution in [0.1, 0.15) is 38.5 Å². The van der Waals surface area contributed by atoms with Crippen molar-refractivity contribution in [3.8, 4) is 0 Å². The molecule has 0 bridgehead atoms. The topological polar surface area (TPSA) is 160 Å². The van der Waals surface area contributed by atoms with Gasteiger partial charge in [0.1, 0.15) is 13.1 Å². The molecule has 2 aliphatic heterocycles. The fourth-order valence-electron chi connectivity index (χ4n) is 2.70. The predicted molar refractivity (Wildman–Crippen MR) is 94.1 cm³/mol. The zero-order valence-corrected chi connectivity index (χ0v) is 16.4. The molecule has 5 amide bonds. The zero-order valence-electron chi connectivity index (χ0n) is 16.4. The highest BCUT2D eigenvalue weighted by molar-refractivity contribution is 6.02. The molecule has 0 aromatic rings. The van der Waals surface area contributed by atoms with Gasteiger partial charge in [-0.1, -0.05) is 0 Å². The molecule has 0 atom stereocenters. The highest BCUT2D eigenvalue weighted by Gasteiger charge is 2.35. The van der Waals surface area contributed by atoms with Gasteiger partial charge in [-0.25, -0.2) is 9.59 Å². The monoisotopic (exact) mass is 426 g/mol. The summed E-state index contributed by atoms with van der Waals surface area (Å²) >= 11 is 0. The Labute approximate surface area is 171 Å². The number of hydrogen-bond acceptors (Lipinski definition) is 10. The molecular weight excluding hydrogens is 404 g/mol. The molecule has 0 aliphatic carbocycles. The lowest BCUT2D eigenvalue weighted by molar-refractivity contribution is -0.201. The third kappa shape index (κ3) is 6.07. The Morgan fingerprint density at radius 3 is 1.60 bits per heavy atom. The Bertz CT molecular complexity index is 682. The highest BCUT2D eigenvalue weighted by atomic mass is 16.7. The van der Waals surface area contributed by atoms with Crippen molar-refractivity contribution in [2.75, 3.05) is 26.7 Å². The second-order valence-corrected chi connectivity index (χ2v) is 6.55. The van der Waals surface area contributed by atoms with Crippen molar-refractivity contribution in [3.05, 3.63) is 0 Å². The molecule has 0 spiro atoms. The van der Waals surface area contributed by atoms with Gasteiger partial charge in [-0.15, -0.1) is 10.1 Å². The van der Waals surface area contributed by atoms with Gasteiger partial charge in [-0.3, -0.25) is 24.0 Å². The number of imide groups is 2. The van der Waals surface area contributed by atoms with E-state index in [0.29, 0.717) is 23.1 Å². The lowest BCUT2D eigenvalue weighted by atomic mass is 10.2. The van der Waals surface area contributed by atoms with E-state index in [1.165, 1.54) is 0 Å². The van der Waals surface area contributed by atoms with Crippen molar-refractivity contribution in [1.82, 2.24) is 20.3 Å². The number of carbonyl (C=O) groups excluding carboxylic acids is 7. The molecule has 13 nitrogen and oxygen atoms in total. The summed E-state index contributed by atoms with van der Waals surface area (Å²) in [5.74, 6) is -5.58. The van der Waals surface area contributed by atoms with Gasteiger partial charge < -0.3 is 19.9 Å². The zero-order chi connectivity index (χ0) is 22.3. The minimum absolute atomic E-state index is 0.0233. The second-order valence-electron chi connectivity index (χ2n) is 6.55. The van der Waals surface area contributed by atoms with Crippen LogP contribution in [0.25, 0.3) is 0 Å². The molecule has 30 heavy (non-hydrogen) atoms. The van der Waals surface area contributed by atoms with E-state index in [1.54, 1.807) is 7.05 Å². The van der Waals surface area contributed by atoms with Gasteiger partial charge >= 0.3 is 11.9 Å². The van der Waals surface area contributed by atoms with Crippen LogP contribution in [-0.2, 0) is 43.2 Å². The maximum Gasteiger partial charge on any atom is 0.352 e. The Kier molecular flexibility index (Phi) is 7.98. The molecule has 0 radical (unpaired) electrons. The van der Waals surface area contributed by atoms with Crippen LogP contribution in [0.3, 0.4) is 0 Å². The van der Waals surface area contributed by atoms with Crippen LogP contribution in [0.4, 0.5) is 0 Å². The molecule has 2 fully saturated rings. The Morgan fingerprint density at radius 2 is 1.23 bits per heavy atom. The standard InChI is InChI=1S/C17H22N4O9/c1-18-8-2-3-11(22)19(9-16(27)29-20-12(23)4-5-13(20)24)10-17(28)30-21-14(25)6-7-15(21)26/h18H,2-10H2,1H3. The fourth-order valence-corrected chi connectivity index (χ4v) is 2.70. The summed E-state index contributed by atoms with van der Waals surface area (Å²) in [4.78, 5) is 93.0. The molecule has 2 aliphatic rings. The molecule has 0 aromatic heterocycles. The molecule has 0 aromatic carbocycles. The Morgan fingerprint density at radius 1 is 0.833 bits per heavy atom. The maximum absolute atomic E-state index is 12.4. The summed E-state index contributed by atoms with van der Waals surface area (Å²) < 4.78 is 0. The number of amides is 5. The first-order valence-electron chi connectivity index (χ1n) is 9.28. The number of rotatable bonds is 10. The molecule has 2 rings (SSSR count). The minimum atomic E-state index is -1.11. The molecule has 1 N–H and O–H groups in total. The van der Waals surface area contributed by atoms with Crippen LogP contribution in [0, 0.1) is 0 Å². The van der Waals surface area contributed by atoms with Crippen LogP contribution < -0.4 is 5.32 Å². The summed E-state index contributed by atoms with van der Waals surface area (Å²) in [7, 11) is 1.69. The van der Waals surface area contributed by atoms with Crippen molar-refractivity contribution in [2.24, 2.45) is 0 Å². The van der Waals surface area contributed by atoms with E-state index in [-0.39, 0.29) is 32.1 Å². The van der Waals surface area contributed by atoms with Gasteiger partial charge in [0.25, 0.3) is 23.6 Å². The van der Waals surface area contributed by atoms with Crippen molar-refractivity contribution in [2.45, 2.75) is 38.5 Å². The quantitative estimate of drug-likeness (QED) is 0.306. The highest BCUT2D eigenvalue weighted by Crippen LogP contribution is 2.14. The largest absolute Gasteiger partial charge is 0.352 e. The predicted octanol–water partition coefficient (Wildman–Crippen LogP) is -1.97. The Balaban J connectivity index is 1.99. The minimum Gasteiger partial charge on any atom is -0.328 e. The fraction of sp³-hybridized carbons (Fsp3) is 0.588. The van der Waals surface area contributed by atoms with Gasteiger partial charge in [0.05, 0.1) is 0 Å². The van der Waals surface area contributed by atoms with Crippen LogP contribution in [0.2, 0.25) is 0 Å². The molecule has 164 valence electrons. The van der Waals surface area contributed by atoms with Gasteiger partial charge in [0, 0.05) is 32.1 Å². The van der Waals surface area contributed by atoms with Crippen LogP contribution in [-0.4, -0.2) is 83.2 Å². The third-order valence-electron chi connectivity index (χ3n) is 4.21. The number of carbonyl (C=O) groups is 7. The number of nitrogens with zero attached hydrogens (tertiary/aromatic N) is 3. The number of hydroxylamine groups is 4. The van der Waals surface area contributed by atoms with Gasteiger partial charge in [-0.2, -0.15) is 0 Å². The second kappa shape index (κ2) is 10.4. The summed E-state index contributed by atoms with van der Waals surface area (Å²) in [6, 6.07) is 0. The first-order valence-corrected chi connectivity index (χ1v) is 9.28. The van der Waals surface area contributed by atoms with E-state index in [0.717, 1.165) is 4.90 Å². The lowest BCUT2D eigenvalue weighted by Crippen LogP contribution is -2.44. The van der Waals surface area contributed by atoms with E-state index >= 15 is 0 Å². The first-order chi connectivity index (χ1) is 14.2. The van der Waals surface area contributed by atoms with Gasteiger partial charge in [0.2, 0.25) is 5.91 Å². The van der Waals surface area contributed by atoms with Gasteiger partial charge in [0.15, 0.2) is 0 Å². The molecule has 0 saturated carbocycles. The van der Waals surface area contributed by atoms with Crippen LogP contribution in [0.15, 0.2) is 0 Å². The smallest absolute Gasteiger partial charge is 0.328 e. The number of nitrogens with one attached hydrogen (secondary N) is 1. The third-order valence-corrected chi connectivity index (χ3v) is 4.21. The van der Waals surface area contributed by atoms with E-state index in [4.69, 9.17) is 9.68 Å². The van der Waals surface area contributed by atoms with Crippen molar-refractivity contribution in [3.63, 3.8) is 0 Å². The SMILES string of the molecule is CNCCCC(=O)N(CC(=O)ON1C(=O)CCC1=O)CC(=O)ON1C(=O)CCC1=O. The number of hydrogen-bond donors (Lipinski definition) is 1. The van der Waals surface area contributed by atoms with Crippen LogP contribution >= 0.6 is 0 Å². The molecule has 2 heterocycles. The van der Waals surface area contributed by atoms with Crippen molar-refractivity contribution < 1.29 is 43.2 Å². The van der Waals surface area contributed by atoms with E-state index in [1.807, 2.05) is 0 Å². The normalized spacial score (nSPS) is 16.3. The van der Waals surface area contributed by atoms with Gasteiger partial charge in [-0.05, 0) is 20.0 Å². The van der Waals surface area contributed by atoms with E-state index in [9.17, 15) is 33.6 Å². The average molecular weight is 426 g/mol. The van der Waals surface area contributed by atoms with E-state index < -0.39 is 54.6 Å². The van der Waals surface area contributed by atoms with Crippen LogP contribution in [0.5, 0.6) is 0 Å². The summed E-state index contributed by atoms with van der Waals surface area (Å²) in [6.45, 7) is -0.985. The maximum atomic E-state index is 12.4. The molecular formula is C17H22N4O9. The summed E-state index contributed by atoms with van der Waals surface area (Å²) in [6.07, 6.45) is 0.00461. The van der Waals surface area contributed by atoms with Crippen molar-refractivity contribution in [1.29, 1.82) is 0 Å². The van der Waals surface area contributed by atoms with E-state index in [2.05, 4.69) is 5.32 Å². The molecule has 13 heteroatoms. The Hall–Kier alpha value is -3.35. The van der Waals surface area contributed by atoms with Crippen molar-refractivity contribution >= 4 is 41.5 Å². The molecule has 2 saturated heterocycles. The first kappa shape index (κ1) is 22.9. The summed E-state index contributed by atoms with van der Waals surface area (Å²) in [5, 5.41) is 3.49.